The van der Waals surface area contributed by atoms with E-state index in [-0.39, 0.29) is 12.5 Å². The van der Waals surface area contributed by atoms with E-state index in [4.69, 9.17) is 4.74 Å². The van der Waals surface area contributed by atoms with E-state index in [0.29, 0.717) is 11.4 Å². The first-order valence-corrected chi connectivity index (χ1v) is 10.8. The van der Waals surface area contributed by atoms with E-state index in [1.165, 1.54) is 12.8 Å². The van der Waals surface area contributed by atoms with Crippen molar-refractivity contribution in [2.75, 3.05) is 29.9 Å². The highest BCUT2D eigenvalue weighted by atomic mass is 16.5. The highest BCUT2D eigenvalue weighted by Crippen LogP contribution is 2.24. The molecule has 160 valence electrons. The summed E-state index contributed by atoms with van der Waals surface area (Å²) in [6.07, 6.45) is 2.39. The molecule has 6 heteroatoms. The summed E-state index contributed by atoms with van der Waals surface area (Å²) in [7, 11) is 0. The number of aryl methyl sites for hydroxylation is 1. The number of amides is 1. The fraction of sp³-hybridized carbons (Fsp3) is 0.320. The second kappa shape index (κ2) is 9.60. The van der Waals surface area contributed by atoms with Crippen molar-refractivity contribution in [2.45, 2.75) is 26.7 Å². The van der Waals surface area contributed by atoms with E-state index in [1.54, 1.807) is 0 Å². The van der Waals surface area contributed by atoms with Gasteiger partial charge in [0.25, 0.3) is 5.91 Å². The molecule has 1 aliphatic rings. The third-order valence-electron chi connectivity index (χ3n) is 5.56. The van der Waals surface area contributed by atoms with Gasteiger partial charge in [0.2, 0.25) is 0 Å². The first-order chi connectivity index (χ1) is 15.1. The van der Waals surface area contributed by atoms with Gasteiger partial charge < -0.3 is 15.0 Å². The molecular weight excluding hydrogens is 388 g/mol. The molecule has 1 N–H and O–H groups in total. The van der Waals surface area contributed by atoms with E-state index in [2.05, 4.69) is 27.3 Å². The van der Waals surface area contributed by atoms with E-state index in [1.807, 2.05) is 67.6 Å². The normalized spacial score (nSPS) is 14.3. The Balaban J connectivity index is 1.37. The van der Waals surface area contributed by atoms with Gasteiger partial charge in [0, 0.05) is 24.3 Å². The van der Waals surface area contributed by atoms with Crippen molar-refractivity contribution in [3.05, 3.63) is 66.2 Å². The second-order valence-corrected chi connectivity index (χ2v) is 8.18. The predicted octanol–water partition coefficient (Wildman–Crippen LogP) is 4.71. The molecule has 0 unspecified atom stereocenters. The zero-order valence-corrected chi connectivity index (χ0v) is 18.0. The van der Waals surface area contributed by atoms with Crippen molar-refractivity contribution in [3.63, 3.8) is 0 Å². The average Bonchev–Trinajstić information content (AvgIpc) is 2.79. The quantitative estimate of drug-likeness (QED) is 0.631. The molecule has 1 aromatic heterocycles. The van der Waals surface area contributed by atoms with Crippen LogP contribution in [-0.2, 0) is 4.79 Å². The first kappa shape index (κ1) is 20.8. The number of carbonyl (C=O) groups excluding carboxylic acids is 1. The molecule has 0 aliphatic carbocycles. The van der Waals surface area contributed by atoms with Gasteiger partial charge >= 0.3 is 0 Å². The number of hydrogen-bond acceptors (Lipinski definition) is 5. The van der Waals surface area contributed by atoms with Crippen LogP contribution in [-0.4, -0.2) is 35.8 Å². The van der Waals surface area contributed by atoms with Crippen LogP contribution in [0.5, 0.6) is 5.75 Å². The largest absolute Gasteiger partial charge is 0.484 e. The Kier molecular flexibility index (Phi) is 6.46. The Labute approximate surface area is 183 Å². The van der Waals surface area contributed by atoms with Crippen LogP contribution in [0.1, 0.15) is 25.3 Å². The molecule has 0 atom stereocenters. The maximum atomic E-state index is 12.3. The summed E-state index contributed by atoms with van der Waals surface area (Å²) in [5, 5.41) is 11.7. The molecule has 3 aromatic rings. The highest BCUT2D eigenvalue weighted by Gasteiger charge is 2.17. The smallest absolute Gasteiger partial charge is 0.262 e. The monoisotopic (exact) mass is 416 g/mol. The van der Waals surface area contributed by atoms with Crippen LogP contribution in [0.4, 0.5) is 11.5 Å². The van der Waals surface area contributed by atoms with Crippen LogP contribution >= 0.6 is 0 Å². The molecular formula is C25H28N4O2. The first-order valence-electron chi connectivity index (χ1n) is 10.8. The van der Waals surface area contributed by atoms with E-state index < -0.39 is 0 Å². The summed E-state index contributed by atoms with van der Waals surface area (Å²) in [4.78, 5) is 14.6. The fourth-order valence-electron chi connectivity index (χ4n) is 3.69. The van der Waals surface area contributed by atoms with Crippen LogP contribution in [0.15, 0.2) is 60.7 Å². The summed E-state index contributed by atoms with van der Waals surface area (Å²) in [5.41, 5.74) is 3.48. The molecule has 0 spiro atoms. The van der Waals surface area contributed by atoms with Gasteiger partial charge in [-0.2, -0.15) is 0 Å². The molecule has 6 nitrogen and oxygen atoms in total. The number of aromatic nitrogens is 2. The minimum atomic E-state index is -0.209. The Morgan fingerprint density at radius 3 is 2.61 bits per heavy atom. The maximum absolute atomic E-state index is 12.3. The van der Waals surface area contributed by atoms with Crippen molar-refractivity contribution >= 4 is 17.4 Å². The summed E-state index contributed by atoms with van der Waals surface area (Å²) in [6.45, 7) is 6.30. The second-order valence-electron chi connectivity index (χ2n) is 8.18. The summed E-state index contributed by atoms with van der Waals surface area (Å²) < 4.78 is 5.57. The maximum Gasteiger partial charge on any atom is 0.262 e. The minimum absolute atomic E-state index is 0.0450. The summed E-state index contributed by atoms with van der Waals surface area (Å²) in [5.74, 6) is 2.18. The zero-order valence-electron chi connectivity index (χ0n) is 18.0. The van der Waals surface area contributed by atoms with Crippen molar-refractivity contribution in [1.82, 2.24) is 10.2 Å². The van der Waals surface area contributed by atoms with E-state index >= 15 is 0 Å². The Morgan fingerprint density at radius 2 is 1.87 bits per heavy atom. The lowest BCUT2D eigenvalue weighted by molar-refractivity contribution is -0.118. The van der Waals surface area contributed by atoms with Crippen LogP contribution < -0.4 is 15.0 Å². The molecule has 1 amide bonds. The van der Waals surface area contributed by atoms with Crippen LogP contribution in [0, 0.1) is 12.8 Å². The number of hydrogen-bond donors (Lipinski definition) is 1. The standard InChI is InChI=1S/C25H28N4O2/c1-18-11-13-29(14-12-18)24-10-9-23(27-28-24)20-6-4-7-21(16-20)26-25(30)17-31-22-8-3-5-19(2)15-22/h3-10,15-16,18H,11-14,17H2,1-2H3,(H,26,30). The fourth-order valence-corrected chi connectivity index (χ4v) is 3.69. The lowest BCUT2D eigenvalue weighted by Crippen LogP contribution is -2.33. The Morgan fingerprint density at radius 1 is 1.06 bits per heavy atom. The van der Waals surface area contributed by atoms with Gasteiger partial charge in [-0.25, -0.2) is 0 Å². The number of benzene rings is 2. The number of nitrogens with one attached hydrogen (secondary N) is 1. The van der Waals surface area contributed by atoms with Crippen LogP contribution in [0.3, 0.4) is 0 Å². The molecule has 1 saturated heterocycles. The molecule has 2 aromatic carbocycles. The third-order valence-corrected chi connectivity index (χ3v) is 5.56. The molecule has 1 fully saturated rings. The van der Waals surface area contributed by atoms with Crippen LogP contribution in [0.25, 0.3) is 11.3 Å². The van der Waals surface area contributed by atoms with Gasteiger partial charge in [-0.3, -0.25) is 4.79 Å². The van der Waals surface area contributed by atoms with E-state index in [0.717, 1.165) is 41.6 Å². The van der Waals surface area contributed by atoms with Gasteiger partial charge in [0.05, 0.1) is 5.69 Å². The number of carbonyl (C=O) groups is 1. The molecule has 1 aliphatic heterocycles. The van der Waals surface area contributed by atoms with Gasteiger partial charge in [-0.05, 0) is 67.6 Å². The molecule has 0 saturated carbocycles. The number of nitrogens with zero attached hydrogens (tertiary/aromatic N) is 3. The zero-order chi connectivity index (χ0) is 21.6. The third kappa shape index (κ3) is 5.60. The van der Waals surface area contributed by atoms with Crippen molar-refractivity contribution in [2.24, 2.45) is 5.92 Å². The number of anilines is 2. The van der Waals surface area contributed by atoms with Crippen molar-refractivity contribution in [3.8, 4) is 17.0 Å². The molecule has 2 heterocycles. The van der Waals surface area contributed by atoms with E-state index in [9.17, 15) is 4.79 Å². The molecule has 0 bridgehead atoms. The Hall–Kier alpha value is -3.41. The molecule has 4 rings (SSSR count). The van der Waals surface area contributed by atoms with Crippen LogP contribution in [0.2, 0.25) is 0 Å². The van der Waals surface area contributed by atoms with Gasteiger partial charge in [-0.1, -0.05) is 31.2 Å². The predicted molar refractivity (Wildman–Crippen MR) is 123 cm³/mol. The topological polar surface area (TPSA) is 67.3 Å². The number of rotatable bonds is 6. The Bertz CT molecular complexity index is 1030. The highest BCUT2D eigenvalue weighted by molar-refractivity contribution is 5.92. The molecule has 0 radical (unpaired) electrons. The minimum Gasteiger partial charge on any atom is -0.484 e. The van der Waals surface area contributed by atoms with Crippen molar-refractivity contribution < 1.29 is 9.53 Å². The number of ether oxygens (including phenoxy) is 1. The lowest BCUT2D eigenvalue weighted by atomic mass is 9.99. The summed E-state index contributed by atoms with van der Waals surface area (Å²) >= 11 is 0. The lowest BCUT2D eigenvalue weighted by Gasteiger charge is -2.30. The SMILES string of the molecule is Cc1cccc(OCC(=O)Nc2cccc(-c3ccc(N4CCC(C)CC4)nn3)c2)c1. The molecule has 31 heavy (non-hydrogen) atoms. The van der Waals surface area contributed by atoms with Gasteiger partial charge in [0.1, 0.15) is 5.75 Å². The average molecular weight is 417 g/mol. The summed E-state index contributed by atoms with van der Waals surface area (Å²) in [6, 6.07) is 19.3. The number of piperidine rings is 1. The van der Waals surface area contributed by atoms with Gasteiger partial charge in [-0.15, -0.1) is 10.2 Å². The van der Waals surface area contributed by atoms with Gasteiger partial charge in [0.15, 0.2) is 12.4 Å². The van der Waals surface area contributed by atoms with Crippen molar-refractivity contribution in [1.29, 1.82) is 0 Å².